The highest BCUT2D eigenvalue weighted by atomic mass is 16.7. The molecule has 5 atom stereocenters. The Labute approximate surface area is 199 Å². The predicted octanol–water partition coefficient (Wildman–Crippen LogP) is 3.65. The van der Waals surface area contributed by atoms with Gasteiger partial charge in [-0.25, -0.2) is 4.79 Å². The Kier molecular flexibility index (Phi) is 11.5. The maximum absolute atomic E-state index is 12.5. The smallest absolute Gasteiger partial charge is 0.480 e. The van der Waals surface area contributed by atoms with Crippen molar-refractivity contribution in [2.45, 2.75) is 71.9 Å². The van der Waals surface area contributed by atoms with E-state index in [1.54, 1.807) is 20.8 Å². The molecule has 34 heavy (non-hydrogen) atoms. The largest absolute Gasteiger partial charge is 0.508 e. The quantitative estimate of drug-likeness (QED) is 0.334. The van der Waals surface area contributed by atoms with Gasteiger partial charge < -0.3 is 29.8 Å². The summed E-state index contributed by atoms with van der Waals surface area (Å²) < 4.78 is 20.5. The lowest BCUT2D eigenvalue weighted by atomic mass is 9.87. The Bertz CT molecular complexity index is 870. The molecule has 0 saturated heterocycles. The van der Waals surface area contributed by atoms with Gasteiger partial charge in [-0.05, 0) is 43.9 Å². The third-order valence-corrected chi connectivity index (χ3v) is 5.62. The monoisotopic (exact) mass is 481 g/mol. The van der Waals surface area contributed by atoms with Gasteiger partial charge in [-0.2, -0.15) is 0 Å². The second kappa shape index (κ2) is 13.5. The number of methoxy groups -OCH3 is 1. The third kappa shape index (κ3) is 8.33. The molecule has 3 N–H and O–H groups in total. The molecule has 1 aromatic carbocycles. The summed E-state index contributed by atoms with van der Waals surface area (Å²) in [6.45, 7) is 8.66. The minimum Gasteiger partial charge on any atom is -0.480 e. The van der Waals surface area contributed by atoms with Crippen LogP contribution in [0.5, 0.6) is 11.5 Å². The zero-order valence-corrected chi connectivity index (χ0v) is 20.5. The molecule has 0 heterocycles. The second-order valence-corrected chi connectivity index (χ2v) is 8.26. The Balaban J connectivity index is 3.41. The van der Waals surface area contributed by atoms with Crippen molar-refractivity contribution in [2.75, 3.05) is 7.11 Å². The molecule has 0 fully saturated rings. The van der Waals surface area contributed by atoms with E-state index in [0.29, 0.717) is 18.4 Å². The molecule has 0 saturated carbocycles. The van der Waals surface area contributed by atoms with Crippen LogP contribution in [0.3, 0.4) is 0 Å². The Hall–Kier alpha value is -3.14. The summed E-state index contributed by atoms with van der Waals surface area (Å²) in [5.41, 5.74) is 6.35. The molecule has 10 heteroatoms. The number of hydrogen-bond donors (Lipinski definition) is 2. The number of carboxylic acids is 1. The first-order chi connectivity index (χ1) is 15.9. The molecule has 1 aromatic rings. The fourth-order valence-corrected chi connectivity index (χ4v) is 2.95. The molecule has 0 radical (unpaired) electrons. The van der Waals surface area contributed by atoms with Gasteiger partial charge in [0.25, 0.3) is 0 Å². The van der Waals surface area contributed by atoms with Crippen molar-refractivity contribution in [1.29, 1.82) is 0 Å². The Morgan fingerprint density at radius 1 is 0.941 bits per heavy atom. The summed E-state index contributed by atoms with van der Waals surface area (Å²) >= 11 is 0. The van der Waals surface area contributed by atoms with Crippen molar-refractivity contribution in [2.24, 2.45) is 17.6 Å². The molecule has 1 rings (SSSR count). The summed E-state index contributed by atoms with van der Waals surface area (Å²) in [7, 11) is 1.16. The van der Waals surface area contributed by atoms with Gasteiger partial charge in [-0.15, -0.1) is 0 Å². The van der Waals surface area contributed by atoms with Gasteiger partial charge in [0.2, 0.25) is 0 Å². The van der Waals surface area contributed by atoms with Crippen LogP contribution >= 0.6 is 0 Å². The molecular weight excluding hydrogens is 446 g/mol. The number of nitrogens with two attached hydrogens (primary N) is 1. The molecule has 0 aliphatic rings. The number of benzene rings is 1. The standard InChI is InChI=1S/C24H35NO9/c1-7-13(3)22(28)33-18-10-9-16(12-19(18)34-23(29)14(4)8-2)17(20(25)21(26)27)11-15(5)32-24(30)31-6/h9-10,12-15,17,20H,7-8,11,25H2,1-6H3,(H,26,27)/t13?,14?,15?,17?,20-/m0/s1. The number of aliphatic carboxylic acids is 1. The molecule has 4 unspecified atom stereocenters. The normalized spacial score (nSPS) is 15.3. The van der Waals surface area contributed by atoms with Crippen molar-refractivity contribution >= 4 is 24.1 Å². The van der Waals surface area contributed by atoms with E-state index in [4.69, 9.17) is 19.9 Å². The highest BCUT2D eigenvalue weighted by molar-refractivity contribution is 5.79. The van der Waals surface area contributed by atoms with E-state index in [9.17, 15) is 24.3 Å². The molecule has 0 aliphatic carbocycles. The summed E-state index contributed by atoms with van der Waals surface area (Å²) in [4.78, 5) is 47.9. The molecule has 0 spiro atoms. The maximum atomic E-state index is 12.5. The van der Waals surface area contributed by atoms with Gasteiger partial charge >= 0.3 is 24.1 Å². The molecular formula is C24H35NO9. The topological polar surface area (TPSA) is 151 Å². The fraction of sp³-hybridized carbons (Fsp3) is 0.583. The van der Waals surface area contributed by atoms with Crippen LogP contribution in [0.15, 0.2) is 18.2 Å². The maximum Gasteiger partial charge on any atom is 0.508 e. The van der Waals surface area contributed by atoms with E-state index in [-0.39, 0.29) is 23.8 Å². The molecule has 0 amide bonds. The van der Waals surface area contributed by atoms with Gasteiger partial charge in [0.05, 0.1) is 18.9 Å². The minimum absolute atomic E-state index is 0.0245. The highest BCUT2D eigenvalue weighted by Gasteiger charge is 2.30. The first kappa shape index (κ1) is 28.9. The SMILES string of the molecule is CCC(C)C(=O)Oc1ccc(C(CC(C)OC(=O)OC)[C@H](N)C(=O)O)cc1OC(=O)C(C)CC. The van der Waals surface area contributed by atoms with Gasteiger partial charge in [-0.3, -0.25) is 14.4 Å². The van der Waals surface area contributed by atoms with Crippen LogP contribution in [0.25, 0.3) is 0 Å². The summed E-state index contributed by atoms with van der Waals surface area (Å²) in [6, 6.07) is 3.05. The number of hydrogen-bond acceptors (Lipinski definition) is 9. The molecule has 0 aliphatic heterocycles. The summed E-state index contributed by atoms with van der Waals surface area (Å²) in [5, 5.41) is 9.52. The van der Waals surface area contributed by atoms with E-state index in [2.05, 4.69) is 4.74 Å². The van der Waals surface area contributed by atoms with Crippen LogP contribution in [0.2, 0.25) is 0 Å². The van der Waals surface area contributed by atoms with Crippen molar-refractivity contribution in [1.82, 2.24) is 0 Å². The van der Waals surface area contributed by atoms with Gasteiger partial charge in [0.1, 0.15) is 12.1 Å². The van der Waals surface area contributed by atoms with Gasteiger partial charge in [0.15, 0.2) is 11.5 Å². The van der Waals surface area contributed by atoms with Gasteiger partial charge in [-0.1, -0.05) is 33.8 Å². The van der Waals surface area contributed by atoms with Crippen LogP contribution in [-0.2, 0) is 23.9 Å². The molecule has 0 bridgehead atoms. The van der Waals surface area contributed by atoms with E-state index in [1.807, 2.05) is 13.8 Å². The number of ether oxygens (including phenoxy) is 4. The zero-order valence-electron chi connectivity index (χ0n) is 20.5. The zero-order chi connectivity index (χ0) is 26.0. The minimum atomic E-state index is -1.35. The van der Waals surface area contributed by atoms with Crippen LogP contribution in [-0.4, -0.2) is 48.4 Å². The third-order valence-electron chi connectivity index (χ3n) is 5.62. The molecule has 0 aromatic heterocycles. The van der Waals surface area contributed by atoms with Crippen LogP contribution < -0.4 is 15.2 Å². The van der Waals surface area contributed by atoms with Crippen molar-refractivity contribution < 1.29 is 43.2 Å². The Morgan fingerprint density at radius 3 is 1.94 bits per heavy atom. The average Bonchev–Trinajstić information content (AvgIpc) is 2.81. The van der Waals surface area contributed by atoms with E-state index >= 15 is 0 Å². The van der Waals surface area contributed by atoms with Crippen molar-refractivity contribution in [3.63, 3.8) is 0 Å². The number of esters is 2. The lowest BCUT2D eigenvalue weighted by molar-refractivity contribution is -0.141. The first-order valence-electron chi connectivity index (χ1n) is 11.2. The Morgan fingerprint density at radius 2 is 1.47 bits per heavy atom. The number of rotatable bonds is 12. The van der Waals surface area contributed by atoms with Crippen molar-refractivity contribution in [3.8, 4) is 11.5 Å². The molecule has 10 nitrogen and oxygen atoms in total. The second-order valence-electron chi connectivity index (χ2n) is 8.26. The highest BCUT2D eigenvalue weighted by Crippen LogP contribution is 2.35. The van der Waals surface area contributed by atoms with E-state index < -0.39 is 48.0 Å². The van der Waals surface area contributed by atoms with E-state index in [0.717, 1.165) is 7.11 Å². The number of carbonyl (C=O) groups is 4. The summed E-state index contributed by atoms with van der Waals surface area (Å²) in [6.07, 6.45) is -0.489. The van der Waals surface area contributed by atoms with Crippen LogP contribution in [0.1, 0.15) is 65.4 Å². The van der Waals surface area contributed by atoms with E-state index in [1.165, 1.54) is 18.2 Å². The average molecular weight is 482 g/mol. The van der Waals surface area contributed by atoms with Crippen LogP contribution in [0.4, 0.5) is 4.79 Å². The first-order valence-corrected chi connectivity index (χ1v) is 11.2. The fourth-order valence-electron chi connectivity index (χ4n) is 2.95. The predicted molar refractivity (Wildman–Crippen MR) is 123 cm³/mol. The lowest BCUT2D eigenvalue weighted by Gasteiger charge is -2.25. The molecule has 190 valence electrons. The lowest BCUT2D eigenvalue weighted by Crippen LogP contribution is -2.38. The number of carbonyl (C=O) groups excluding carboxylic acids is 3. The van der Waals surface area contributed by atoms with Crippen LogP contribution in [0, 0.1) is 11.8 Å². The number of carboxylic acid groups (broad SMARTS) is 1. The van der Waals surface area contributed by atoms with Gasteiger partial charge in [0, 0.05) is 5.92 Å². The van der Waals surface area contributed by atoms with Crippen molar-refractivity contribution in [3.05, 3.63) is 23.8 Å². The summed E-state index contributed by atoms with van der Waals surface area (Å²) in [5.74, 6) is -3.87.